The summed E-state index contributed by atoms with van der Waals surface area (Å²) in [4.78, 5) is 29.2. The monoisotopic (exact) mass is 527 g/mol. The van der Waals surface area contributed by atoms with Crippen LogP contribution < -0.4 is 9.11 Å². The van der Waals surface area contributed by atoms with E-state index in [2.05, 4.69) is 4.99 Å². The van der Waals surface area contributed by atoms with Crippen LogP contribution in [0.25, 0.3) is 10.2 Å². The molecule has 36 heavy (non-hydrogen) atoms. The molecule has 0 aliphatic carbocycles. The highest BCUT2D eigenvalue weighted by molar-refractivity contribution is 7.92. The normalized spacial score (nSPS) is 12.0. The molecule has 8 nitrogen and oxygen atoms in total. The fourth-order valence-corrected chi connectivity index (χ4v) is 6.14. The highest BCUT2D eigenvalue weighted by atomic mass is 32.2. The van der Waals surface area contributed by atoms with Crippen LogP contribution in [0.4, 0.5) is 10.1 Å². The molecule has 0 spiro atoms. The molecule has 3 aromatic carbocycles. The van der Waals surface area contributed by atoms with Crippen LogP contribution in [0.1, 0.15) is 17.3 Å². The van der Waals surface area contributed by atoms with Crippen molar-refractivity contribution in [1.29, 1.82) is 0 Å². The molecule has 186 valence electrons. The molecule has 0 fully saturated rings. The molecular formula is C25H22FN3O5S2. The minimum absolute atomic E-state index is 0.0304. The molecule has 1 amide bonds. The molecule has 0 radical (unpaired) electrons. The number of sulfonamides is 1. The van der Waals surface area contributed by atoms with Crippen molar-refractivity contribution in [3.63, 3.8) is 0 Å². The summed E-state index contributed by atoms with van der Waals surface area (Å²) >= 11 is 1.05. The van der Waals surface area contributed by atoms with Crippen LogP contribution in [0.15, 0.2) is 82.7 Å². The third-order valence-electron chi connectivity index (χ3n) is 5.38. The Morgan fingerprint density at radius 1 is 1.06 bits per heavy atom. The fourth-order valence-electron chi connectivity index (χ4n) is 3.61. The topological polar surface area (TPSA) is 98.0 Å². The Bertz CT molecular complexity index is 1590. The molecule has 0 N–H and O–H groups in total. The lowest BCUT2D eigenvalue weighted by atomic mass is 10.2. The Morgan fingerprint density at radius 3 is 2.39 bits per heavy atom. The zero-order chi connectivity index (χ0) is 25.9. The van der Waals surface area contributed by atoms with Crippen LogP contribution in [-0.2, 0) is 26.1 Å². The van der Waals surface area contributed by atoms with Gasteiger partial charge in [-0.3, -0.25) is 13.9 Å². The lowest BCUT2D eigenvalue weighted by molar-refractivity contribution is -0.141. The van der Waals surface area contributed by atoms with Gasteiger partial charge in [0.05, 0.1) is 27.9 Å². The van der Waals surface area contributed by atoms with Crippen molar-refractivity contribution in [2.75, 3.05) is 18.0 Å². The third kappa shape index (κ3) is 5.07. The average Bonchev–Trinajstić information content (AvgIpc) is 3.20. The van der Waals surface area contributed by atoms with Gasteiger partial charge >= 0.3 is 5.97 Å². The second-order valence-corrected chi connectivity index (χ2v) is 10.5. The van der Waals surface area contributed by atoms with Crippen LogP contribution in [0.2, 0.25) is 0 Å². The van der Waals surface area contributed by atoms with Crippen molar-refractivity contribution in [2.45, 2.75) is 18.4 Å². The van der Waals surface area contributed by atoms with E-state index in [1.807, 2.05) is 0 Å². The zero-order valence-electron chi connectivity index (χ0n) is 19.4. The number of amides is 1. The van der Waals surface area contributed by atoms with Gasteiger partial charge in [0.15, 0.2) is 4.80 Å². The maximum absolute atomic E-state index is 13.7. The SMILES string of the molecule is CCN(c1ccccc1)S(=O)(=O)c1ccc(C(=O)N=c2sc3cc(F)ccc3n2CC(=O)OC)cc1. The van der Waals surface area contributed by atoms with Crippen LogP contribution in [-0.4, -0.2) is 38.5 Å². The molecule has 11 heteroatoms. The summed E-state index contributed by atoms with van der Waals surface area (Å²) in [6, 6.07) is 18.2. The average molecular weight is 528 g/mol. The maximum Gasteiger partial charge on any atom is 0.325 e. The maximum atomic E-state index is 13.7. The van der Waals surface area contributed by atoms with Gasteiger partial charge in [0.25, 0.3) is 15.9 Å². The van der Waals surface area contributed by atoms with Crippen molar-refractivity contribution in [2.24, 2.45) is 4.99 Å². The van der Waals surface area contributed by atoms with Gasteiger partial charge in [-0.1, -0.05) is 29.5 Å². The van der Waals surface area contributed by atoms with Crippen LogP contribution >= 0.6 is 11.3 Å². The largest absolute Gasteiger partial charge is 0.468 e. The summed E-state index contributed by atoms with van der Waals surface area (Å²) in [6.07, 6.45) is 0. The van der Waals surface area contributed by atoms with Crippen LogP contribution in [0.5, 0.6) is 0 Å². The van der Waals surface area contributed by atoms with Crippen molar-refractivity contribution >= 4 is 49.1 Å². The molecular weight excluding hydrogens is 505 g/mol. The number of fused-ring (bicyclic) bond motifs is 1. The number of hydrogen-bond donors (Lipinski definition) is 0. The number of para-hydroxylation sites is 1. The number of esters is 1. The van der Waals surface area contributed by atoms with Gasteiger partial charge in [-0.15, -0.1) is 0 Å². The second-order valence-electron chi connectivity index (χ2n) is 7.61. The standard InChI is InChI=1S/C25H22FN3O5S2/c1-3-29(19-7-5-4-6-8-19)36(32,33)20-12-9-17(10-13-20)24(31)27-25-28(16-23(30)34-2)21-14-11-18(26)15-22(21)35-25/h4-15H,3,16H2,1-2H3. The molecule has 0 atom stereocenters. The van der Waals surface area contributed by atoms with Crippen molar-refractivity contribution in [3.05, 3.63) is 89.0 Å². The Labute approximate surface area is 211 Å². The molecule has 0 saturated heterocycles. The van der Waals surface area contributed by atoms with E-state index in [-0.39, 0.29) is 28.3 Å². The van der Waals surface area contributed by atoms with E-state index in [4.69, 9.17) is 4.74 Å². The first kappa shape index (κ1) is 25.3. The number of anilines is 1. The Hall–Kier alpha value is -3.83. The van der Waals surface area contributed by atoms with Gasteiger partial charge < -0.3 is 9.30 Å². The van der Waals surface area contributed by atoms with Gasteiger partial charge in [-0.25, -0.2) is 12.8 Å². The highest BCUT2D eigenvalue weighted by Gasteiger charge is 2.23. The number of nitrogens with zero attached hydrogens (tertiary/aromatic N) is 3. The molecule has 0 aliphatic rings. The first-order valence-electron chi connectivity index (χ1n) is 10.9. The summed E-state index contributed by atoms with van der Waals surface area (Å²) in [6.45, 7) is 1.76. The number of thiazole rings is 1. The number of halogens is 1. The molecule has 0 unspecified atom stereocenters. The van der Waals surface area contributed by atoms with Crippen molar-refractivity contribution < 1.29 is 27.1 Å². The highest BCUT2D eigenvalue weighted by Crippen LogP contribution is 2.24. The predicted molar refractivity (Wildman–Crippen MR) is 135 cm³/mol. The number of carbonyl (C=O) groups is 2. The van der Waals surface area contributed by atoms with Gasteiger partial charge in [0.2, 0.25) is 0 Å². The molecule has 0 saturated carbocycles. The fraction of sp³-hybridized carbons (Fsp3) is 0.160. The van der Waals surface area contributed by atoms with E-state index >= 15 is 0 Å². The minimum Gasteiger partial charge on any atom is -0.468 e. The summed E-state index contributed by atoms with van der Waals surface area (Å²) < 4.78 is 48.1. The lowest BCUT2D eigenvalue weighted by Gasteiger charge is -2.22. The number of benzene rings is 3. The van der Waals surface area contributed by atoms with Crippen LogP contribution in [0, 0.1) is 5.82 Å². The molecule has 1 aromatic heterocycles. The number of ether oxygens (including phenoxy) is 1. The van der Waals surface area contributed by atoms with Crippen molar-refractivity contribution in [1.82, 2.24) is 4.57 Å². The predicted octanol–water partition coefficient (Wildman–Crippen LogP) is 3.97. The quantitative estimate of drug-likeness (QED) is 0.339. The molecule has 4 aromatic rings. The first-order chi connectivity index (χ1) is 17.2. The molecule has 4 rings (SSSR count). The smallest absolute Gasteiger partial charge is 0.325 e. The zero-order valence-corrected chi connectivity index (χ0v) is 21.1. The summed E-state index contributed by atoms with van der Waals surface area (Å²) in [5.41, 5.74) is 1.22. The van der Waals surface area contributed by atoms with E-state index in [9.17, 15) is 22.4 Å². The molecule has 0 aliphatic heterocycles. The summed E-state index contributed by atoms with van der Waals surface area (Å²) in [5.74, 6) is -1.65. The Morgan fingerprint density at radius 2 is 1.75 bits per heavy atom. The third-order valence-corrected chi connectivity index (χ3v) is 8.34. The Kier molecular flexibility index (Phi) is 7.32. The number of carbonyl (C=O) groups excluding carboxylic acids is 2. The first-order valence-corrected chi connectivity index (χ1v) is 13.1. The Balaban J connectivity index is 1.68. The minimum atomic E-state index is -3.85. The van der Waals surface area contributed by atoms with E-state index < -0.39 is 27.7 Å². The summed E-state index contributed by atoms with van der Waals surface area (Å²) in [7, 11) is -2.61. The van der Waals surface area contributed by atoms with Gasteiger partial charge in [-0.2, -0.15) is 4.99 Å². The van der Waals surface area contributed by atoms with E-state index in [1.165, 1.54) is 58.4 Å². The molecule has 0 bridgehead atoms. The summed E-state index contributed by atoms with van der Waals surface area (Å²) in [5, 5.41) is 0. The second kappa shape index (κ2) is 10.4. The van der Waals surface area contributed by atoms with Gasteiger partial charge in [-0.05, 0) is 61.5 Å². The van der Waals surface area contributed by atoms with Gasteiger partial charge in [0, 0.05) is 12.1 Å². The molecule has 1 heterocycles. The number of aromatic nitrogens is 1. The van der Waals surface area contributed by atoms with E-state index in [0.717, 1.165) is 11.3 Å². The van der Waals surface area contributed by atoms with Crippen molar-refractivity contribution in [3.8, 4) is 0 Å². The van der Waals surface area contributed by atoms with Crippen LogP contribution in [0.3, 0.4) is 0 Å². The van der Waals surface area contributed by atoms with E-state index in [0.29, 0.717) is 15.9 Å². The number of methoxy groups -OCH3 is 1. The lowest BCUT2D eigenvalue weighted by Crippen LogP contribution is -2.30. The number of hydrogen-bond acceptors (Lipinski definition) is 6. The van der Waals surface area contributed by atoms with Gasteiger partial charge in [0.1, 0.15) is 12.4 Å². The van der Waals surface area contributed by atoms with E-state index in [1.54, 1.807) is 37.3 Å². The number of rotatable bonds is 7.